The van der Waals surface area contributed by atoms with Crippen LogP contribution >= 0.6 is 0 Å². The van der Waals surface area contributed by atoms with E-state index in [-0.39, 0.29) is 51.4 Å². The molecule has 2 N–H and O–H groups in total. The van der Waals surface area contributed by atoms with Crippen molar-refractivity contribution in [3.63, 3.8) is 0 Å². The zero-order valence-electron chi connectivity index (χ0n) is 4.10. The average Bonchev–Trinajstić information content (AvgIpc) is 1.27. The van der Waals surface area contributed by atoms with E-state index in [0.29, 0.717) is 0 Å². The second-order valence-corrected chi connectivity index (χ2v) is 1.58. The minimum atomic E-state index is -4.67. The molecule has 0 aliphatic rings. The Morgan fingerprint density at radius 2 is 1.33 bits per heavy atom. The second-order valence-electron chi connectivity index (χ2n) is 0.684. The third-order valence-electron chi connectivity index (χ3n) is 0. The van der Waals surface area contributed by atoms with Crippen molar-refractivity contribution in [2.75, 3.05) is 0 Å². The van der Waals surface area contributed by atoms with Gasteiger partial charge in [0.2, 0.25) is 0 Å². The van der Waals surface area contributed by atoms with Gasteiger partial charge in [0.25, 0.3) is 0 Å². The molecular formula is C2H7KO5S. The summed E-state index contributed by atoms with van der Waals surface area (Å²) in [6.07, 6.45) is 0.750. The summed E-state index contributed by atoms with van der Waals surface area (Å²) in [5.74, 6) is 0. The van der Waals surface area contributed by atoms with Crippen LogP contribution in [0.15, 0.2) is 0 Å². The van der Waals surface area contributed by atoms with Gasteiger partial charge >= 0.3 is 61.8 Å². The number of hydrogen-bond donors (Lipinski definition) is 2. The van der Waals surface area contributed by atoms with Crippen LogP contribution in [0.4, 0.5) is 0 Å². The van der Waals surface area contributed by atoms with Crippen molar-refractivity contribution in [2.45, 2.75) is 6.92 Å². The molecule has 52 valence electrons. The van der Waals surface area contributed by atoms with Crippen molar-refractivity contribution in [3.05, 3.63) is 0 Å². The predicted molar refractivity (Wildman–Crippen MR) is 33.1 cm³/mol. The standard InChI is InChI=1S/C2H4O.K.H2O4S.H/c1-2-3;;1-5(2,3)4;/h2H,1H3;;(H2,1,2,3,4);. The van der Waals surface area contributed by atoms with E-state index in [1.165, 1.54) is 6.92 Å². The van der Waals surface area contributed by atoms with Crippen LogP contribution < -0.4 is 0 Å². The molecule has 0 aromatic rings. The van der Waals surface area contributed by atoms with E-state index in [4.69, 9.17) is 22.3 Å². The Kier molecular flexibility index (Phi) is 17.0. The molecule has 9 heavy (non-hydrogen) atoms. The molecule has 0 aliphatic heterocycles. The van der Waals surface area contributed by atoms with E-state index in [1.807, 2.05) is 0 Å². The average molecular weight is 182 g/mol. The zero-order chi connectivity index (χ0) is 7.21. The summed E-state index contributed by atoms with van der Waals surface area (Å²) in [4.78, 5) is 8.81. The Bertz CT molecular complexity index is 129. The van der Waals surface area contributed by atoms with Gasteiger partial charge in [0, 0.05) is 0 Å². The van der Waals surface area contributed by atoms with E-state index in [2.05, 4.69) is 0 Å². The van der Waals surface area contributed by atoms with Gasteiger partial charge in [0.1, 0.15) is 6.29 Å². The molecule has 0 aromatic carbocycles. The Morgan fingerprint density at radius 1 is 1.33 bits per heavy atom. The quantitative estimate of drug-likeness (QED) is 0.282. The van der Waals surface area contributed by atoms with Gasteiger partial charge in [-0.2, -0.15) is 8.42 Å². The fourth-order valence-electron chi connectivity index (χ4n) is 0. The van der Waals surface area contributed by atoms with Gasteiger partial charge in [0.05, 0.1) is 0 Å². The van der Waals surface area contributed by atoms with Gasteiger partial charge in [-0.1, -0.05) is 0 Å². The summed E-state index contributed by atoms with van der Waals surface area (Å²) in [6.45, 7) is 1.44. The number of rotatable bonds is 0. The van der Waals surface area contributed by atoms with Crippen molar-refractivity contribution in [2.24, 2.45) is 0 Å². The van der Waals surface area contributed by atoms with Gasteiger partial charge in [0.15, 0.2) is 0 Å². The van der Waals surface area contributed by atoms with Crippen LogP contribution in [0, 0.1) is 0 Å². The molecular weight excluding hydrogens is 175 g/mol. The Hall–Kier alpha value is 1.18. The molecule has 0 amide bonds. The number of aldehydes is 1. The molecule has 0 aromatic heterocycles. The minimum absolute atomic E-state index is 0. The molecule has 0 atom stereocenters. The van der Waals surface area contributed by atoms with Gasteiger partial charge in [-0.3, -0.25) is 9.11 Å². The first kappa shape index (κ1) is 16.6. The Morgan fingerprint density at radius 3 is 1.33 bits per heavy atom. The van der Waals surface area contributed by atoms with Crippen LogP contribution in [0.5, 0.6) is 0 Å². The molecule has 0 heterocycles. The van der Waals surface area contributed by atoms with Crippen LogP contribution in [0.1, 0.15) is 6.92 Å². The van der Waals surface area contributed by atoms with Gasteiger partial charge < -0.3 is 4.79 Å². The van der Waals surface area contributed by atoms with Gasteiger partial charge in [-0.25, -0.2) is 0 Å². The summed E-state index contributed by atoms with van der Waals surface area (Å²) in [6, 6.07) is 0. The first-order chi connectivity index (χ1) is 3.41. The zero-order valence-corrected chi connectivity index (χ0v) is 4.92. The van der Waals surface area contributed by atoms with Crippen LogP contribution in [-0.4, -0.2) is 75.2 Å². The van der Waals surface area contributed by atoms with Crippen LogP contribution in [0.3, 0.4) is 0 Å². The van der Waals surface area contributed by atoms with Crippen LogP contribution in [0.25, 0.3) is 0 Å². The molecule has 7 heteroatoms. The van der Waals surface area contributed by atoms with Crippen LogP contribution in [-0.2, 0) is 15.2 Å². The SMILES string of the molecule is CC=O.O=S(=O)(O)O.[KH]. The van der Waals surface area contributed by atoms with Gasteiger partial charge in [-0.15, -0.1) is 0 Å². The molecule has 5 nitrogen and oxygen atoms in total. The van der Waals surface area contributed by atoms with E-state index in [0.717, 1.165) is 6.29 Å². The molecule has 0 aliphatic carbocycles. The Balaban J connectivity index is -0.0000000800. The van der Waals surface area contributed by atoms with Crippen molar-refractivity contribution in [3.8, 4) is 0 Å². The second kappa shape index (κ2) is 9.18. The van der Waals surface area contributed by atoms with E-state index in [1.54, 1.807) is 0 Å². The Labute approximate surface area is 95.8 Å². The first-order valence-corrected chi connectivity index (χ1v) is 2.91. The maximum atomic E-state index is 8.81. The topological polar surface area (TPSA) is 91.7 Å². The molecule has 0 fully saturated rings. The number of hydrogen-bond acceptors (Lipinski definition) is 3. The van der Waals surface area contributed by atoms with E-state index in [9.17, 15) is 0 Å². The summed E-state index contributed by atoms with van der Waals surface area (Å²) in [7, 11) is -4.67. The third-order valence-corrected chi connectivity index (χ3v) is 0. The molecule has 0 rings (SSSR count). The summed E-state index contributed by atoms with van der Waals surface area (Å²) >= 11 is 0. The molecule has 0 saturated heterocycles. The normalized spacial score (nSPS) is 7.89. The van der Waals surface area contributed by atoms with E-state index < -0.39 is 10.4 Å². The number of carbonyl (C=O) groups is 1. The molecule has 0 unspecified atom stereocenters. The van der Waals surface area contributed by atoms with Crippen LogP contribution in [0.2, 0.25) is 0 Å². The summed E-state index contributed by atoms with van der Waals surface area (Å²) in [5, 5.41) is 0. The monoisotopic (exact) mass is 182 g/mol. The van der Waals surface area contributed by atoms with Crippen molar-refractivity contribution >= 4 is 68.1 Å². The fourth-order valence-corrected chi connectivity index (χ4v) is 0. The number of carbonyl (C=O) groups excluding carboxylic acids is 1. The van der Waals surface area contributed by atoms with E-state index >= 15 is 0 Å². The predicted octanol–water partition coefficient (Wildman–Crippen LogP) is -1.10. The first-order valence-electron chi connectivity index (χ1n) is 1.51. The van der Waals surface area contributed by atoms with Crippen molar-refractivity contribution in [1.82, 2.24) is 0 Å². The molecule has 0 saturated carbocycles. The molecule has 0 bridgehead atoms. The third kappa shape index (κ3) is 342. The van der Waals surface area contributed by atoms with Crippen molar-refractivity contribution < 1.29 is 22.3 Å². The molecule has 0 spiro atoms. The summed E-state index contributed by atoms with van der Waals surface area (Å²) in [5.41, 5.74) is 0. The molecule has 0 radical (unpaired) electrons. The maximum absolute atomic E-state index is 8.81. The summed E-state index contributed by atoms with van der Waals surface area (Å²) < 4.78 is 31.6. The fraction of sp³-hybridized carbons (Fsp3) is 0.500. The van der Waals surface area contributed by atoms with Gasteiger partial charge in [-0.05, 0) is 6.92 Å². The van der Waals surface area contributed by atoms with Crippen molar-refractivity contribution in [1.29, 1.82) is 0 Å².